The van der Waals surface area contributed by atoms with E-state index in [2.05, 4.69) is 46.8 Å². The van der Waals surface area contributed by atoms with Crippen molar-refractivity contribution in [3.63, 3.8) is 0 Å². The lowest BCUT2D eigenvalue weighted by atomic mass is 9.95. The normalized spacial score (nSPS) is 14.7. The van der Waals surface area contributed by atoms with Crippen molar-refractivity contribution in [1.29, 1.82) is 0 Å². The third-order valence-corrected chi connectivity index (χ3v) is 6.02. The summed E-state index contributed by atoms with van der Waals surface area (Å²) in [6.07, 6.45) is 5.56. The summed E-state index contributed by atoms with van der Waals surface area (Å²) in [5, 5.41) is 1.07. The van der Waals surface area contributed by atoms with E-state index in [1.54, 1.807) is 0 Å². The van der Waals surface area contributed by atoms with Crippen LogP contribution < -0.4 is 5.73 Å². The minimum atomic E-state index is 0.305. The van der Waals surface area contributed by atoms with E-state index in [1.807, 2.05) is 30.3 Å². The Morgan fingerprint density at radius 2 is 1.62 bits per heavy atom. The summed E-state index contributed by atoms with van der Waals surface area (Å²) in [5.41, 5.74) is 12.6. The first-order valence-corrected chi connectivity index (χ1v) is 10.5. The second-order valence-electron chi connectivity index (χ2n) is 8.04. The molecule has 0 saturated heterocycles. The lowest BCUT2D eigenvalue weighted by Gasteiger charge is -2.21. The van der Waals surface area contributed by atoms with Crippen molar-refractivity contribution in [2.75, 3.05) is 5.73 Å². The van der Waals surface area contributed by atoms with Gasteiger partial charge in [-0.05, 0) is 50.2 Å². The fraction of sp³-hybridized carbons (Fsp3) is 0.280. The molecule has 29 heavy (non-hydrogen) atoms. The second kappa shape index (κ2) is 7.36. The van der Waals surface area contributed by atoms with Crippen LogP contribution in [0.5, 0.6) is 0 Å². The standard InChI is InChI=1S/C25H26N4/c1-17(16-18-10-4-2-5-11-18)29-21-15-9-8-14-20(21)22-23(26)27-24(28-25(22)29)19-12-6-3-7-13-19/h2-7,10-13,17H,8-9,14-16H2,1H3,(H2,26,27,28)/t17-/m0/s1. The lowest BCUT2D eigenvalue weighted by Crippen LogP contribution is -2.14. The van der Waals surface area contributed by atoms with Gasteiger partial charge in [0.15, 0.2) is 5.82 Å². The highest BCUT2D eigenvalue weighted by Crippen LogP contribution is 2.37. The summed E-state index contributed by atoms with van der Waals surface area (Å²) in [6, 6.07) is 21.1. The molecule has 0 amide bonds. The van der Waals surface area contributed by atoms with Gasteiger partial charge in [0.05, 0.1) is 5.39 Å². The van der Waals surface area contributed by atoms with Crippen LogP contribution in [-0.2, 0) is 19.3 Å². The van der Waals surface area contributed by atoms with Gasteiger partial charge in [0, 0.05) is 17.3 Å². The maximum Gasteiger partial charge on any atom is 0.163 e. The minimum absolute atomic E-state index is 0.305. The molecule has 2 aromatic heterocycles. The van der Waals surface area contributed by atoms with Gasteiger partial charge in [0.25, 0.3) is 0 Å². The van der Waals surface area contributed by atoms with E-state index in [1.165, 1.54) is 29.7 Å². The predicted molar refractivity (Wildman–Crippen MR) is 119 cm³/mol. The molecule has 4 aromatic rings. The number of nitrogen functional groups attached to an aromatic ring is 1. The first-order chi connectivity index (χ1) is 14.2. The average Bonchev–Trinajstić information content (AvgIpc) is 3.10. The van der Waals surface area contributed by atoms with Gasteiger partial charge >= 0.3 is 0 Å². The van der Waals surface area contributed by atoms with Gasteiger partial charge in [-0.1, -0.05) is 60.7 Å². The topological polar surface area (TPSA) is 56.7 Å². The average molecular weight is 383 g/mol. The molecule has 0 fully saturated rings. The number of anilines is 1. The lowest BCUT2D eigenvalue weighted by molar-refractivity contribution is 0.519. The van der Waals surface area contributed by atoms with E-state index in [0.29, 0.717) is 17.7 Å². The zero-order valence-corrected chi connectivity index (χ0v) is 16.8. The first kappa shape index (κ1) is 17.9. The summed E-state index contributed by atoms with van der Waals surface area (Å²) in [4.78, 5) is 9.74. The fourth-order valence-electron chi connectivity index (χ4n) is 4.72. The molecule has 1 aliphatic carbocycles. The van der Waals surface area contributed by atoms with Gasteiger partial charge in [-0.3, -0.25) is 0 Å². The van der Waals surface area contributed by atoms with Crippen molar-refractivity contribution in [2.24, 2.45) is 0 Å². The fourth-order valence-corrected chi connectivity index (χ4v) is 4.72. The van der Waals surface area contributed by atoms with Crippen LogP contribution in [0.3, 0.4) is 0 Å². The summed E-state index contributed by atoms with van der Waals surface area (Å²) < 4.78 is 2.45. The smallest absolute Gasteiger partial charge is 0.163 e. The summed E-state index contributed by atoms with van der Waals surface area (Å²) in [5.74, 6) is 1.32. The number of nitrogens with zero attached hydrogens (tertiary/aromatic N) is 3. The van der Waals surface area contributed by atoms with Gasteiger partial charge in [-0.15, -0.1) is 0 Å². The van der Waals surface area contributed by atoms with Crippen LogP contribution in [0.1, 0.15) is 42.6 Å². The van der Waals surface area contributed by atoms with E-state index >= 15 is 0 Å². The number of aryl methyl sites for hydroxylation is 1. The molecule has 1 atom stereocenters. The number of hydrogen-bond donors (Lipinski definition) is 1. The molecule has 146 valence electrons. The Hall–Kier alpha value is -3.14. The summed E-state index contributed by atoms with van der Waals surface area (Å²) in [6.45, 7) is 2.29. The van der Waals surface area contributed by atoms with Crippen LogP contribution in [0.15, 0.2) is 60.7 Å². The molecule has 4 heteroatoms. The van der Waals surface area contributed by atoms with Gasteiger partial charge < -0.3 is 10.3 Å². The molecule has 0 saturated carbocycles. The predicted octanol–water partition coefficient (Wildman–Crippen LogP) is 5.36. The van der Waals surface area contributed by atoms with Crippen LogP contribution in [0, 0.1) is 0 Å². The van der Waals surface area contributed by atoms with Gasteiger partial charge in [-0.25, -0.2) is 9.97 Å². The Labute approximate surface area is 171 Å². The summed E-state index contributed by atoms with van der Waals surface area (Å²) >= 11 is 0. The molecule has 4 nitrogen and oxygen atoms in total. The second-order valence-corrected chi connectivity index (χ2v) is 8.04. The number of aromatic nitrogens is 3. The van der Waals surface area contributed by atoms with Crippen LogP contribution in [0.25, 0.3) is 22.4 Å². The number of rotatable bonds is 4. The van der Waals surface area contributed by atoms with Crippen molar-refractivity contribution in [1.82, 2.24) is 14.5 Å². The molecular weight excluding hydrogens is 356 g/mol. The van der Waals surface area contributed by atoms with E-state index in [4.69, 9.17) is 10.7 Å². The minimum Gasteiger partial charge on any atom is -0.383 e. The maximum absolute atomic E-state index is 6.52. The number of nitrogens with two attached hydrogens (primary N) is 1. The van der Waals surface area contributed by atoms with Gasteiger partial charge in [0.2, 0.25) is 0 Å². The van der Waals surface area contributed by atoms with E-state index in [-0.39, 0.29) is 0 Å². The molecule has 0 aliphatic heterocycles. The Kier molecular flexibility index (Phi) is 4.55. The Bertz CT molecular complexity index is 1150. The molecule has 2 N–H and O–H groups in total. The molecule has 0 bridgehead atoms. The highest BCUT2D eigenvalue weighted by Gasteiger charge is 2.26. The molecule has 5 rings (SSSR count). The van der Waals surface area contributed by atoms with Crippen LogP contribution in [0.4, 0.5) is 5.82 Å². The Balaban J connectivity index is 1.70. The molecular formula is C25H26N4. The molecule has 2 aromatic carbocycles. The van der Waals surface area contributed by atoms with Crippen molar-refractivity contribution in [3.8, 4) is 11.4 Å². The first-order valence-electron chi connectivity index (χ1n) is 10.5. The highest BCUT2D eigenvalue weighted by atomic mass is 15.1. The number of hydrogen-bond acceptors (Lipinski definition) is 3. The van der Waals surface area contributed by atoms with Gasteiger partial charge in [-0.2, -0.15) is 0 Å². The zero-order chi connectivity index (χ0) is 19.8. The number of fused-ring (bicyclic) bond motifs is 3. The monoisotopic (exact) mass is 382 g/mol. The molecule has 0 spiro atoms. The highest BCUT2D eigenvalue weighted by molar-refractivity contribution is 5.93. The SMILES string of the molecule is C[C@@H](Cc1ccccc1)n1c2c(c3c(N)nc(-c4ccccc4)nc31)CCCC2. The molecule has 2 heterocycles. The van der Waals surface area contributed by atoms with Crippen molar-refractivity contribution < 1.29 is 0 Å². The molecule has 0 unspecified atom stereocenters. The van der Waals surface area contributed by atoms with E-state index in [9.17, 15) is 0 Å². The largest absolute Gasteiger partial charge is 0.383 e. The van der Waals surface area contributed by atoms with Crippen LogP contribution in [-0.4, -0.2) is 14.5 Å². The molecule has 1 aliphatic rings. The van der Waals surface area contributed by atoms with E-state index < -0.39 is 0 Å². The van der Waals surface area contributed by atoms with Crippen molar-refractivity contribution >= 4 is 16.9 Å². The van der Waals surface area contributed by atoms with Crippen LogP contribution in [0.2, 0.25) is 0 Å². The van der Waals surface area contributed by atoms with Gasteiger partial charge in [0.1, 0.15) is 11.5 Å². The van der Waals surface area contributed by atoms with E-state index in [0.717, 1.165) is 35.9 Å². The Morgan fingerprint density at radius 3 is 2.38 bits per heavy atom. The quantitative estimate of drug-likeness (QED) is 0.517. The van der Waals surface area contributed by atoms with Crippen molar-refractivity contribution in [2.45, 2.75) is 45.1 Å². The maximum atomic E-state index is 6.52. The zero-order valence-electron chi connectivity index (χ0n) is 16.8. The molecule has 0 radical (unpaired) electrons. The van der Waals surface area contributed by atoms with Crippen molar-refractivity contribution in [3.05, 3.63) is 77.5 Å². The third kappa shape index (κ3) is 3.19. The third-order valence-electron chi connectivity index (χ3n) is 6.02. The number of benzene rings is 2. The van der Waals surface area contributed by atoms with Crippen LogP contribution >= 0.6 is 0 Å². The Morgan fingerprint density at radius 1 is 0.931 bits per heavy atom. The summed E-state index contributed by atoms with van der Waals surface area (Å²) in [7, 11) is 0.